The van der Waals surface area contributed by atoms with Crippen molar-refractivity contribution in [3.63, 3.8) is 0 Å². The molecule has 2 N–H and O–H groups in total. The molecule has 102 valence electrons. The Morgan fingerprint density at radius 3 is 2.50 bits per heavy atom. The van der Waals surface area contributed by atoms with E-state index in [9.17, 15) is 9.59 Å². The molecule has 0 spiro atoms. The number of hydrogen-bond acceptors (Lipinski definition) is 2. The molecule has 2 rings (SSSR count). The molecule has 2 atom stereocenters. The summed E-state index contributed by atoms with van der Waals surface area (Å²) in [5, 5.41) is 11.9. The third kappa shape index (κ3) is 3.15. The summed E-state index contributed by atoms with van der Waals surface area (Å²) in [6.45, 7) is 0.820. The molecule has 5 nitrogen and oxygen atoms in total. The minimum atomic E-state index is -0.741. The molecule has 18 heavy (non-hydrogen) atoms. The Balaban J connectivity index is 1.72. The number of hydrogen-bond donors (Lipinski definition) is 2. The van der Waals surface area contributed by atoms with Crippen molar-refractivity contribution in [3.05, 3.63) is 0 Å². The smallest absolute Gasteiger partial charge is 0.317 e. The van der Waals surface area contributed by atoms with E-state index in [0.717, 1.165) is 13.0 Å². The largest absolute Gasteiger partial charge is 0.481 e. The zero-order valence-electron chi connectivity index (χ0n) is 10.9. The van der Waals surface area contributed by atoms with Crippen LogP contribution in [0, 0.1) is 11.8 Å². The average molecular weight is 254 g/mol. The van der Waals surface area contributed by atoms with E-state index in [1.165, 1.54) is 19.3 Å². The van der Waals surface area contributed by atoms with Crippen LogP contribution in [0.1, 0.15) is 38.5 Å². The van der Waals surface area contributed by atoms with Gasteiger partial charge in [0.2, 0.25) is 0 Å². The molecule has 0 aromatic carbocycles. The molecule has 0 aliphatic heterocycles. The van der Waals surface area contributed by atoms with Crippen LogP contribution in [0.3, 0.4) is 0 Å². The molecule has 2 aliphatic rings. The highest BCUT2D eigenvalue weighted by atomic mass is 16.4. The van der Waals surface area contributed by atoms with Crippen molar-refractivity contribution >= 4 is 12.0 Å². The maximum Gasteiger partial charge on any atom is 0.317 e. The lowest BCUT2D eigenvalue weighted by atomic mass is 9.85. The van der Waals surface area contributed by atoms with Crippen LogP contribution in [0.2, 0.25) is 0 Å². The second-order valence-electron chi connectivity index (χ2n) is 5.67. The van der Waals surface area contributed by atoms with Crippen LogP contribution in [-0.4, -0.2) is 41.6 Å². The van der Waals surface area contributed by atoms with E-state index in [4.69, 9.17) is 5.11 Å². The minimum absolute atomic E-state index is 0.0300. The van der Waals surface area contributed by atoms with Gasteiger partial charge in [0.05, 0.1) is 5.92 Å². The van der Waals surface area contributed by atoms with Gasteiger partial charge in [-0.2, -0.15) is 0 Å². The van der Waals surface area contributed by atoms with Crippen LogP contribution in [0.4, 0.5) is 4.79 Å². The zero-order valence-corrected chi connectivity index (χ0v) is 10.9. The number of carboxylic acids is 1. The molecule has 2 unspecified atom stereocenters. The van der Waals surface area contributed by atoms with E-state index in [0.29, 0.717) is 18.8 Å². The predicted molar refractivity (Wildman–Crippen MR) is 67.3 cm³/mol. The number of rotatable bonds is 4. The van der Waals surface area contributed by atoms with Gasteiger partial charge in [-0.3, -0.25) is 4.79 Å². The number of amides is 2. The van der Waals surface area contributed by atoms with Crippen LogP contribution in [0.5, 0.6) is 0 Å². The lowest BCUT2D eigenvalue weighted by molar-refractivity contribution is -0.141. The standard InChI is InChI=1S/C13H22N2O3/c1-15(8-9-3-2-4-9)13(18)14-11-6-5-10(7-11)12(16)17/h9-11H,2-8H2,1H3,(H,14,18)(H,16,17). The van der Waals surface area contributed by atoms with Crippen molar-refractivity contribution in [2.24, 2.45) is 11.8 Å². The highest BCUT2D eigenvalue weighted by Crippen LogP contribution is 2.27. The molecule has 0 saturated heterocycles. The van der Waals surface area contributed by atoms with Crippen LogP contribution >= 0.6 is 0 Å². The number of nitrogens with one attached hydrogen (secondary N) is 1. The molecular weight excluding hydrogens is 232 g/mol. The predicted octanol–water partition coefficient (Wildman–Crippen LogP) is 1.68. The topological polar surface area (TPSA) is 69.6 Å². The highest BCUT2D eigenvalue weighted by molar-refractivity contribution is 5.75. The SMILES string of the molecule is CN(CC1CCC1)C(=O)NC1CCC(C(=O)O)C1. The van der Waals surface area contributed by atoms with Crippen LogP contribution in [0.25, 0.3) is 0 Å². The summed E-state index contributed by atoms with van der Waals surface area (Å²) < 4.78 is 0. The van der Waals surface area contributed by atoms with Crippen molar-refractivity contribution < 1.29 is 14.7 Å². The van der Waals surface area contributed by atoms with Crippen LogP contribution in [0.15, 0.2) is 0 Å². The zero-order chi connectivity index (χ0) is 13.1. The fourth-order valence-electron chi connectivity index (χ4n) is 2.77. The number of carbonyl (C=O) groups excluding carboxylic acids is 1. The van der Waals surface area contributed by atoms with Crippen LogP contribution < -0.4 is 5.32 Å². The van der Waals surface area contributed by atoms with E-state index in [-0.39, 0.29) is 18.0 Å². The van der Waals surface area contributed by atoms with E-state index < -0.39 is 5.97 Å². The quantitative estimate of drug-likeness (QED) is 0.802. The Hall–Kier alpha value is -1.26. The van der Waals surface area contributed by atoms with Gasteiger partial charge < -0.3 is 15.3 Å². The molecule has 2 amide bonds. The molecule has 0 heterocycles. The molecule has 0 aromatic rings. The maximum atomic E-state index is 11.9. The van der Waals surface area contributed by atoms with E-state index in [1.54, 1.807) is 4.90 Å². The summed E-state index contributed by atoms with van der Waals surface area (Å²) >= 11 is 0. The molecular formula is C13H22N2O3. The third-order valence-corrected chi connectivity index (χ3v) is 4.21. The first-order valence-corrected chi connectivity index (χ1v) is 6.80. The fraction of sp³-hybridized carbons (Fsp3) is 0.846. The fourth-order valence-corrected chi connectivity index (χ4v) is 2.77. The molecule has 2 aliphatic carbocycles. The van der Waals surface area contributed by atoms with Gasteiger partial charge in [-0.25, -0.2) is 4.79 Å². The normalized spacial score (nSPS) is 27.6. The van der Waals surface area contributed by atoms with Crippen molar-refractivity contribution in [2.45, 2.75) is 44.6 Å². The van der Waals surface area contributed by atoms with Gasteiger partial charge in [0.25, 0.3) is 0 Å². The van der Waals surface area contributed by atoms with Gasteiger partial charge in [0, 0.05) is 19.6 Å². The Labute approximate surface area is 108 Å². The number of aliphatic carboxylic acids is 1. The number of urea groups is 1. The van der Waals surface area contributed by atoms with Gasteiger partial charge in [0.1, 0.15) is 0 Å². The van der Waals surface area contributed by atoms with Crippen LogP contribution in [-0.2, 0) is 4.79 Å². The Kier molecular flexibility index (Phi) is 4.09. The Morgan fingerprint density at radius 2 is 2.00 bits per heavy atom. The number of carboxylic acid groups (broad SMARTS) is 1. The molecule has 2 fully saturated rings. The second-order valence-corrected chi connectivity index (χ2v) is 5.67. The molecule has 0 aromatic heterocycles. The number of nitrogens with zero attached hydrogens (tertiary/aromatic N) is 1. The summed E-state index contributed by atoms with van der Waals surface area (Å²) in [5.41, 5.74) is 0. The lowest BCUT2D eigenvalue weighted by Crippen LogP contribution is -2.44. The molecule has 0 bridgehead atoms. The Morgan fingerprint density at radius 1 is 1.28 bits per heavy atom. The first-order valence-electron chi connectivity index (χ1n) is 6.80. The summed E-state index contributed by atoms with van der Waals surface area (Å²) in [4.78, 5) is 24.5. The van der Waals surface area contributed by atoms with E-state index in [1.807, 2.05) is 7.05 Å². The highest BCUT2D eigenvalue weighted by Gasteiger charge is 2.31. The molecule has 2 saturated carbocycles. The summed E-state index contributed by atoms with van der Waals surface area (Å²) in [6.07, 6.45) is 5.75. The summed E-state index contributed by atoms with van der Waals surface area (Å²) in [5.74, 6) is -0.363. The van der Waals surface area contributed by atoms with Gasteiger partial charge in [0.15, 0.2) is 0 Å². The van der Waals surface area contributed by atoms with Crippen molar-refractivity contribution in [2.75, 3.05) is 13.6 Å². The monoisotopic (exact) mass is 254 g/mol. The van der Waals surface area contributed by atoms with Gasteiger partial charge >= 0.3 is 12.0 Å². The lowest BCUT2D eigenvalue weighted by Gasteiger charge is -2.30. The second kappa shape index (κ2) is 5.59. The summed E-state index contributed by atoms with van der Waals surface area (Å²) in [7, 11) is 1.82. The van der Waals surface area contributed by atoms with Crippen molar-refractivity contribution in [3.8, 4) is 0 Å². The van der Waals surface area contributed by atoms with Gasteiger partial charge in [-0.15, -0.1) is 0 Å². The van der Waals surface area contributed by atoms with Gasteiger partial charge in [-0.1, -0.05) is 6.42 Å². The van der Waals surface area contributed by atoms with E-state index in [2.05, 4.69) is 5.32 Å². The Bertz CT molecular complexity index is 328. The minimum Gasteiger partial charge on any atom is -0.481 e. The third-order valence-electron chi connectivity index (χ3n) is 4.21. The first-order chi connectivity index (χ1) is 8.56. The number of carbonyl (C=O) groups is 2. The van der Waals surface area contributed by atoms with E-state index >= 15 is 0 Å². The first kappa shape index (κ1) is 13.2. The summed E-state index contributed by atoms with van der Waals surface area (Å²) in [6, 6.07) is -0.0274. The molecule has 5 heteroatoms. The van der Waals surface area contributed by atoms with Crippen molar-refractivity contribution in [1.29, 1.82) is 0 Å². The van der Waals surface area contributed by atoms with Crippen molar-refractivity contribution in [1.82, 2.24) is 10.2 Å². The van der Waals surface area contributed by atoms with Gasteiger partial charge in [-0.05, 0) is 38.0 Å². The maximum absolute atomic E-state index is 11.9. The average Bonchev–Trinajstić information content (AvgIpc) is 2.71. The molecule has 0 radical (unpaired) electrons.